The molecule has 0 fully saturated rings. The van der Waals surface area contributed by atoms with E-state index in [0.717, 1.165) is 10.2 Å². The highest BCUT2D eigenvalue weighted by atomic mass is 79.9. The molecule has 92 valence electrons. The summed E-state index contributed by atoms with van der Waals surface area (Å²) in [5, 5.41) is 3.42. The summed E-state index contributed by atoms with van der Waals surface area (Å²) in [5.74, 6) is -0.177. The Balaban J connectivity index is 2.21. The molecule has 2 rings (SSSR count). The molecule has 0 saturated carbocycles. The van der Waals surface area contributed by atoms with E-state index in [2.05, 4.69) is 26.2 Å². The maximum Gasteiger partial charge on any atom is 0.255 e. The zero-order valence-corrected chi connectivity index (χ0v) is 11.9. The van der Waals surface area contributed by atoms with E-state index in [0.29, 0.717) is 16.3 Å². The molecule has 1 heterocycles. The van der Waals surface area contributed by atoms with Gasteiger partial charge in [0.15, 0.2) is 0 Å². The van der Waals surface area contributed by atoms with E-state index in [1.165, 1.54) is 0 Å². The van der Waals surface area contributed by atoms with Crippen molar-refractivity contribution in [1.29, 1.82) is 0 Å². The number of amides is 1. The molecule has 0 aliphatic rings. The molecule has 0 aliphatic carbocycles. The summed E-state index contributed by atoms with van der Waals surface area (Å²) in [6.45, 7) is 1.84. The number of benzene rings is 1. The zero-order valence-electron chi connectivity index (χ0n) is 9.58. The van der Waals surface area contributed by atoms with Crippen LogP contribution in [0.4, 0.5) is 5.69 Å². The Labute approximate surface area is 118 Å². The van der Waals surface area contributed by atoms with Gasteiger partial charge in [0.2, 0.25) is 0 Å². The standard InChI is InChI=1S/C13H10BrClN2O/c1-8-6-9(4-5-16-8)13(18)17-12-3-2-10(15)7-11(12)14/h2-7H,1H3,(H,17,18). The van der Waals surface area contributed by atoms with Gasteiger partial charge in [-0.05, 0) is 53.2 Å². The monoisotopic (exact) mass is 324 g/mol. The maximum absolute atomic E-state index is 12.0. The molecule has 5 heteroatoms. The Bertz CT molecular complexity index is 601. The van der Waals surface area contributed by atoms with E-state index in [1.807, 2.05) is 6.92 Å². The first-order valence-corrected chi connectivity index (χ1v) is 6.42. The summed E-state index contributed by atoms with van der Waals surface area (Å²) in [6.07, 6.45) is 1.61. The summed E-state index contributed by atoms with van der Waals surface area (Å²) in [7, 11) is 0. The van der Waals surface area contributed by atoms with Gasteiger partial charge in [-0.2, -0.15) is 0 Å². The van der Waals surface area contributed by atoms with Crippen LogP contribution in [-0.2, 0) is 0 Å². The number of nitrogens with zero attached hydrogens (tertiary/aromatic N) is 1. The van der Waals surface area contributed by atoms with Crippen molar-refractivity contribution in [3.05, 3.63) is 57.3 Å². The van der Waals surface area contributed by atoms with Crippen molar-refractivity contribution in [2.75, 3.05) is 5.32 Å². The molecular formula is C13H10BrClN2O. The van der Waals surface area contributed by atoms with Crippen molar-refractivity contribution in [2.24, 2.45) is 0 Å². The minimum Gasteiger partial charge on any atom is -0.321 e. The van der Waals surface area contributed by atoms with Gasteiger partial charge in [-0.25, -0.2) is 0 Å². The van der Waals surface area contributed by atoms with Crippen molar-refractivity contribution in [3.63, 3.8) is 0 Å². The number of nitrogens with one attached hydrogen (secondary N) is 1. The Hall–Kier alpha value is -1.39. The lowest BCUT2D eigenvalue weighted by Crippen LogP contribution is -2.12. The molecule has 1 aromatic heterocycles. The van der Waals surface area contributed by atoms with Gasteiger partial charge >= 0.3 is 0 Å². The van der Waals surface area contributed by atoms with Crippen molar-refractivity contribution in [2.45, 2.75) is 6.92 Å². The average Bonchev–Trinajstić information content (AvgIpc) is 2.32. The summed E-state index contributed by atoms with van der Waals surface area (Å²) in [5.41, 5.74) is 2.06. The largest absolute Gasteiger partial charge is 0.321 e. The Morgan fingerprint density at radius 3 is 2.78 bits per heavy atom. The smallest absolute Gasteiger partial charge is 0.255 e. The fourth-order valence-electron chi connectivity index (χ4n) is 1.47. The minimum absolute atomic E-state index is 0.177. The van der Waals surface area contributed by atoms with Crippen LogP contribution in [-0.4, -0.2) is 10.9 Å². The highest BCUT2D eigenvalue weighted by Crippen LogP contribution is 2.26. The topological polar surface area (TPSA) is 42.0 Å². The minimum atomic E-state index is -0.177. The van der Waals surface area contributed by atoms with Crippen LogP contribution < -0.4 is 5.32 Å². The number of carbonyl (C=O) groups is 1. The normalized spacial score (nSPS) is 10.2. The van der Waals surface area contributed by atoms with Crippen molar-refractivity contribution < 1.29 is 4.79 Å². The molecule has 1 amide bonds. The van der Waals surface area contributed by atoms with Crippen molar-refractivity contribution >= 4 is 39.1 Å². The van der Waals surface area contributed by atoms with Crippen LogP contribution in [0.1, 0.15) is 16.1 Å². The van der Waals surface area contributed by atoms with Crippen LogP contribution in [0.5, 0.6) is 0 Å². The molecular weight excluding hydrogens is 316 g/mol. The fraction of sp³-hybridized carbons (Fsp3) is 0.0769. The van der Waals surface area contributed by atoms with Crippen molar-refractivity contribution in [3.8, 4) is 0 Å². The molecule has 0 spiro atoms. The molecule has 18 heavy (non-hydrogen) atoms. The van der Waals surface area contributed by atoms with Crippen LogP contribution in [0.25, 0.3) is 0 Å². The maximum atomic E-state index is 12.0. The molecule has 1 N–H and O–H groups in total. The first-order chi connectivity index (χ1) is 8.56. The Morgan fingerprint density at radius 2 is 2.11 bits per heavy atom. The molecule has 0 radical (unpaired) electrons. The quantitative estimate of drug-likeness (QED) is 0.905. The molecule has 0 aliphatic heterocycles. The summed E-state index contributed by atoms with van der Waals surface area (Å²) >= 11 is 9.19. The van der Waals surface area contributed by atoms with Crippen LogP contribution in [0.3, 0.4) is 0 Å². The van der Waals surface area contributed by atoms with Gasteiger partial charge in [0.25, 0.3) is 5.91 Å². The molecule has 0 saturated heterocycles. The van der Waals surface area contributed by atoms with E-state index in [4.69, 9.17) is 11.6 Å². The molecule has 0 atom stereocenters. The predicted molar refractivity (Wildman–Crippen MR) is 76.1 cm³/mol. The van der Waals surface area contributed by atoms with Crippen LogP contribution >= 0.6 is 27.5 Å². The molecule has 0 bridgehead atoms. The lowest BCUT2D eigenvalue weighted by Gasteiger charge is -2.08. The second-order valence-corrected chi connectivity index (χ2v) is 5.05. The molecule has 2 aromatic rings. The average molecular weight is 326 g/mol. The second-order valence-electron chi connectivity index (χ2n) is 3.76. The third kappa shape index (κ3) is 3.09. The highest BCUT2D eigenvalue weighted by molar-refractivity contribution is 9.10. The van der Waals surface area contributed by atoms with E-state index >= 15 is 0 Å². The van der Waals surface area contributed by atoms with Crippen LogP contribution in [0, 0.1) is 6.92 Å². The molecule has 3 nitrogen and oxygen atoms in total. The first-order valence-electron chi connectivity index (χ1n) is 5.25. The van der Waals surface area contributed by atoms with Gasteiger partial charge in [-0.1, -0.05) is 11.6 Å². The summed E-state index contributed by atoms with van der Waals surface area (Å²) in [6, 6.07) is 8.61. The lowest BCUT2D eigenvalue weighted by atomic mass is 10.2. The summed E-state index contributed by atoms with van der Waals surface area (Å²) < 4.78 is 0.745. The second kappa shape index (κ2) is 5.50. The van der Waals surface area contributed by atoms with E-state index < -0.39 is 0 Å². The third-order valence-electron chi connectivity index (χ3n) is 2.34. The molecule has 1 aromatic carbocycles. The fourth-order valence-corrected chi connectivity index (χ4v) is 2.25. The number of hydrogen-bond donors (Lipinski definition) is 1. The zero-order chi connectivity index (χ0) is 13.1. The lowest BCUT2D eigenvalue weighted by molar-refractivity contribution is 0.102. The number of aryl methyl sites for hydroxylation is 1. The number of hydrogen-bond acceptors (Lipinski definition) is 2. The van der Waals surface area contributed by atoms with E-state index in [9.17, 15) is 4.79 Å². The number of aromatic nitrogens is 1. The van der Waals surface area contributed by atoms with Gasteiger partial charge in [-0.15, -0.1) is 0 Å². The van der Waals surface area contributed by atoms with Crippen molar-refractivity contribution in [1.82, 2.24) is 4.98 Å². The van der Waals surface area contributed by atoms with E-state index in [-0.39, 0.29) is 5.91 Å². The van der Waals surface area contributed by atoms with Crippen LogP contribution in [0.15, 0.2) is 41.0 Å². The van der Waals surface area contributed by atoms with Gasteiger partial charge in [0.05, 0.1) is 5.69 Å². The molecule has 0 unspecified atom stereocenters. The highest BCUT2D eigenvalue weighted by Gasteiger charge is 2.08. The number of halogens is 2. The van der Waals surface area contributed by atoms with Gasteiger partial charge in [-0.3, -0.25) is 9.78 Å². The number of anilines is 1. The van der Waals surface area contributed by atoms with Gasteiger partial charge < -0.3 is 5.32 Å². The van der Waals surface area contributed by atoms with Crippen LogP contribution in [0.2, 0.25) is 5.02 Å². The van der Waals surface area contributed by atoms with Gasteiger partial charge in [0.1, 0.15) is 0 Å². The third-order valence-corrected chi connectivity index (χ3v) is 3.23. The Morgan fingerprint density at radius 1 is 1.33 bits per heavy atom. The number of pyridine rings is 1. The first kappa shape index (κ1) is 13.1. The predicted octanol–water partition coefficient (Wildman–Crippen LogP) is 4.06. The van der Waals surface area contributed by atoms with E-state index in [1.54, 1.807) is 36.5 Å². The SMILES string of the molecule is Cc1cc(C(=O)Nc2ccc(Cl)cc2Br)ccn1. The Kier molecular flexibility index (Phi) is 3.99. The number of rotatable bonds is 2. The number of carbonyl (C=O) groups excluding carboxylic acids is 1. The van der Waals surface area contributed by atoms with Gasteiger partial charge in [0, 0.05) is 26.9 Å². The summed E-state index contributed by atoms with van der Waals surface area (Å²) in [4.78, 5) is 16.1.